The monoisotopic (exact) mass is 246 g/mol. The second-order valence-electron chi connectivity index (χ2n) is 5.16. The molecule has 1 N–H and O–H groups in total. The minimum Gasteiger partial charge on any atom is -0.382 e. The molecule has 1 unspecified atom stereocenters. The minimum atomic E-state index is -4.40. The van der Waals surface area contributed by atoms with Crippen LogP contribution in [-0.4, -0.2) is 11.0 Å². The van der Waals surface area contributed by atoms with Crippen LogP contribution < -0.4 is 5.32 Å². The molecule has 1 aromatic rings. The molecule has 0 spiro atoms. The van der Waals surface area contributed by atoms with Crippen molar-refractivity contribution in [2.24, 2.45) is 5.41 Å². The summed E-state index contributed by atoms with van der Waals surface area (Å²) < 4.78 is 37.3. The third-order valence-corrected chi connectivity index (χ3v) is 2.73. The SMILES string of the molecule is CC(Nc1ccnc(C(F)(F)F)c1)C(C)(C)C. The van der Waals surface area contributed by atoms with Gasteiger partial charge in [0.1, 0.15) is 5.69 Å². The number of rotatable bonds is 2. The Bertz CT molecular complexity index is 380. The first-order valence-corrected chi connectivity index (χ1v) is 5.40. The fraction of sp³-hybridized carbons (Fsp3) is 0.583. The molecule has 0 aromatic carbocycles. The van der Waals surface area contributed by atoms with E-state index in [1.165, 1.54) is 12.3 Å². The molecule has 0 bridgehead atoms. The van der Waals surface area contributed by atoms with E-state index in [4.69, 9.17) is 0 Å². The van der Waals surface area contributed by atoms with Crippen LogP contribution in [0.5, 0.6) is 0 Å². The molecule has 0 saturated heterocycles. The van der Waals surface area contributed by atoms with Crippen molar-refractivity contribution >= 4 is 5.69 Å². The topological polar surface area (TPSA) is 24.9 Å². The fourth-order valence-electron chi connectivity index (χ4n) is 1.14. The second-order valence-corrected chi connectivity index (χ2v) is 5.16. The maximum Gasteiger partial charge on any atom is 0.433 e. The molecule has 17 heavy (non-hydrogen) atoms. The first-order chi connectivity index (χ1) is 7.60. The summed E-state index contributed by atoms with van der Waals surface area (Å²) in [7, 11) is 0. The Hall–Kier alpha value is -1.26. The van der Waals surface area contributed by atoms with Gasteiger partial charge in [0.2, 0.25) is 0 Å². The van der Waals surface area contributed by atoms with Gasteiger partial charge in [-0.3, -0.25) is 4.98 Å². The Balaban J connectivity index is 2.87. The number of hydrogen-bond acceptors (Lipinski definition) is 2. The lowest BCUT2D eigenvalue weighted by atomic mass is 9.88. The van der Waals surface area contributed by atoms with Gasteiger partial charge in [0.15, 0.2) is 0 Å². The van der Waals surface area contributed by atoms with E-state index >= 15 is 0 Å². The molecular formula is C12H17F3N2. The summed E-state index contributed by atoms with van der Waals surface area (Å²) in [6, 6.07) is 2.63. The lowest BCUT2D eigenvalue weighted by Gasteiger charge is -2.29. The molecule has 0 radical (unpaired) electrons. The van der Waals surface area contributed by atoms with Crippen molar-refractivity contribution < 1.29 is 13.2 Å². The van der Waals surface area contributed by atoms with Crippen molar-refractivity contribution in [2.45, 2.75) is 39.9 Å². The van der Waals surface area contributed by atoms with Gasteiger partial charge in [0, 0.05) is 17.9 Å². The van der Waals surface area contributed by atoms with Crippen LogP contribution >= 0.6 is 0 Å². The van der Waals surface area contributed by atoms with E-state index < -0.39 is 11.9 Å². The number of hydrogen-bond donors (Lipinski definition) is 1. The standard InChI is InChI=1S/C12H17F3N2/c1-8(11(2,3)4)17-9-5-6-16-10(7-9)12(13,14)15/h5-8H,1-4H3,(H,16,17). The smallest absolute Gasteiger partial charge is 0.382 e. The molecule has 0 saturated carbocycles. The summed E-state index contributed by atoms with van der Waals surface area (Å²) in [5.41, 5.74) is -0.458. The number of anilines is 1. The molecule has 0 aliphatic rings. The van der Waals surface area contributed by atoms with Crippen LogP contribution in [0.25, 0.3) is 0 Å². The number of halogens is 3. The molecule has 0 fully saturated rings. The van der Waals surface area contributed by atoms with E-state index in [1.807, 2.05) is 27.7 Å². The number of pyridine rings is 1. The van der Waals surface area contributed by atoms with Crippen molar-refractivity contribution in [3.63, 3.8) is 0 Å². The predicted octanol–water partition coefficient (Wildman–Crippen LogP) is 3.95. The second kappa shape index (κ2) is 4.55. The molecule has 0 amide bonds. The van der Waals surface area contributed by atoms with Crippen LogP contribution in [0, 0.1) is 5.41 Å². The molecule has 1 rings (SSSR count). The summed E-state index contributed by atoms with van der Waals surface area (Å²) in [6.45, 7) is 8.01. The van der Waals surface area contributed by atoms with Crippen LogP contribution in [0.15, 0.2) is 18.3 Å². The number of nitrogens with one attached hydrogen (secondary N) is 1. The van der Waals surface area contributed by atoms with Gasteiger partial charge in [-0.2, -0.15) is 13.2 Å². The van der Waals surface area contributed by atoms with Gasteiger partial charge in [0.25, 0.3) is 0 Å². The van der Waals surface area contributed by atoms with E-state index in [9.17, 15) is 13.2 Å². The van der Waals surface area contributed by atoms with Crippen LogP contribution in [0.3, 0.4) is 0 Å². The van der Waals surface area contributed by atoms with Crippen molar-refractivity contribution in [1.29, 1.82) is 0 Å². The average Bonchev–Trinajstić information content (AvgIpc) is 2.15. The summed E-state index contributed by atoms with van der Waals surface area (Å²) in [4.78, 5) is 3.32. The van der Waals surface area contributed by atoms with Gasteiger partial charge in [-0.15, -0.1) is 0 Å². The van der Waals surface area contributed by atoms with Crippen LogP contribution in [0.4, 0.5) is 18.9 Å². The van der Waals surface area contributed by atoms with Crippen LogP contribution in [0.2, 0.25) is 0 Å². The normalized spacial score (nSPS) is 14.5. The Morgan fingerprint density at radius 1 is 1.24 bits per heavy atom. The predicted molar refractivity (Wildman–Crippen MR) is 61.8 cm³/mol. The van der Waals surface area contributed by atoms with Gasteiger partial charge in [-0.25, -0.2) is 0 Å². The lowest BCUT2D eigenvalue weighted by molar-refractivity contribution is -0.141. The average molecular weight is 246 g/mol. The largest absolute Gasteiger partial charge is 0.433 e. The molecule has 5 heteroatoms. The van der Waals surface area contributed by atoms with Crippen LogP contribution in [-0.2, 0) is 6.18 Å². The van der Waals surface area contributed by atoms with E-state index in [-0.39, 0.29) is 11.5 Å². The van der Waals surface area contributed by atoms with Gasteiger partial charge in [-0.05, 0) is 24.5 Å². The van der Waals surface area contributed by atoms with E-state index in [1.54, 1.807) is 0 Å². The summed E-state index contributed by atoms with van der Waals surface area (Å²) in [6.07, 6.45) is -3.23. The third kappa shape index (κ3) is 3.91. The molecule has 1 heterocycles. The number of alkyl halides is 3. The molecule has 1 aromatic heterocycles. The van der Waals surface area contributed by atoms with Gasteiger partial charge >= 0.3 is 6.18 Å². The van der Waals surface area contributed by atoms with E-state index in [2.05, 4.69) is 10.3 Å². The summed E-state index contributed by atoms with van der Waals surface area (Å²) in [5.74, 6) is 0. The highest BCUT2D eigenvalue weighted by Crippen LogP contribution is 2.30. The highest BCUT2D eigenvalue weighted by molar-refractivity contribution is 5.44. The zero-order chi connectivity index (χ0) is 13.3. The quantitative estimate of drug-likeness (QED) is 0.854. The van der Waals surface area contributed by atoms with Crippen molar-refractivity contribution in [1.82, 2.24) is 4.98 Å². The van der Waals surface area contributed by atoms with E-state index in [0.29, 0.717) is 5.69 Å². The zero-order valence-electron chi connectivity index (χ0n) is 10.4. The fourth-order valence-corrected chi connectivity index (χ4v) is 1.14. The maximum absolute atomic E-state index is 12.4. The minimum absolute atomic E-state index is 0.0261. The van der Waals surface area contributed by atoms with Crippen molar-refractivity contribution in [3.8, 4) is 0 Å². The zero-order valence-corrected chi connectivity index (χ0v) is 10.4. The first-order valence-electron chi connectivity index (χ1n) is 5.40. The highest BCUT2D eigenvalue weighted by Gasteiger charge is 2.32. The summed E-state index contributed by atoms with van der Waals surface area (Å²) in [5, 5.41) is 3.05. The van der Waals surface area contributed by atoms with Gasteiger partial charge in [0.05, 0.1) is 0 Å². The van der Waals surface area contributed by atoms with Crippen molar-refractivity contribution in [2.75, 3.05) is 5.32 Å². The number of aromatic nitrogens is 1. The Kier molecular flexibility index (Phi) is 3.69. The molecule has 0 aliphatic carbocycles. The van der Waals surface area contributed by atoms with Crippen LogP contribution in [0.1, 0.15) is 33.4 Å². The molecule has 0 aliphatic heterocycles. The molecule has 96 valence electrons. The third-order valence-electron chi connectivity index (χ3n) is 2.73. The number of nitrogens with zero attached hydrogens (tertiary/aromatic N) is 1. The van der Waals surface area contributed by atoms with Crippen molar-refractivity contribution in [3.05, 3.63) is 24.0 Å². The summed E-state index contributed by atoms with van der Waals surface area (Å²) >= 11 is 0. The molecular weight excluding hydrogens is 229 g/mol. The van der Waals surface area contributed by atoms with Gasteiger partial charge in [-0.1, -0.05) is 20.8 Å². The molecule has 2 nitrogen and oxygen atoms in total. The van der Waals surface area contributed by atoms with E-state index in [0.717, 1.165) is 6.07 Å². The maximum atomic E-state index is 12.4. The molecule has 1 atom stereocenters. The Morgan fingerprint density at radius 3 is 2.29 bits per heavy atom. The Morgan fingerprint density at radius 2 is 1.82 bits per heavy atom. The lowest BCUT2D eigenvalue weighted by Crippen LogP contribution is -2.30. The first kappa shape index (κ1) is 13.8. The van der Waals surface area contributed by atoms with Gasteiger partial charge < -0.3 is 5.32 Å². The Labute approximate surface area is 99.3 Å². The highest BCUT2D eigenvalue weighted by atomic mass is 19.4.